The van der Waals surface area contributed by atoms with Gasteiger partial charge in [0, 0.05) is 5.69 Å². The Morgan fingerprint density at radius 3 is 2.48 bits per heavy atom. The molecule has 0 radical (unpaired) electrons. The maximum absolute atomic E-state index is 14.1. The minimum absolute atomic E-state index is 0.0996. The summed E-state index contributed by atoms with van der Waals surface area (Å²) in [6.45, 7) is 1.97. The van der Waals surface area contributed by atoms with Crippen molar-refractivity contribution in [1.29, 1.82) is 0 Å². The van der Waals surface area contributed by atoms with Gasteiger partial charge >= 0.3 is 12.3 Å². The van der Waals surface area contributed by atoms with E-state index in [2.05, 4.69) is 10.3 Å². The molecule has 2 N–H and O–H groups in total. The first-order valence-corrected chi connectivity index (χ1v) is 8.38. The first kappa shape index (κ1) is 22.1. The first-order chi connectivity index (χ1) is 13.6. The van der Waals surface area contributed by atoms with E-state index in [0.717, 1.165) is 18.7 Å². The highest BCUT2D eigenvalue weighted by atomic mass is 19.4. The molecule has 2 rings (SSSR count). The van der Waals surface area contributed by atoms with E-state index in [0.29, 0.717) is 24.8 Å². The number of aromatic nitrogens is 1. The second-order valence-corrected chi connectivity index (χ2v) is 5.80. The molecule has 1 aromatic heterocycles. The predicted molar refractivity (Wildman–Crippen MR) is 93.4 cm³/mol. The molecule has 29 heavy (non-hydrogen) atoms. The number of amides is 2. The molecule has 0 saturated heterocycles. The number of nitrogens with one attached hydrogen (secondary N) is 2. The Labute approximate surface area is 162 Å². The molecule has 1 heterocycles. The van der Waals surface area contributed by atoms with E-state index in [1.54, 1.807) is 0 Å². The van der Waals surface area contributed by atoms with Gasteiger partial charge < -0.3 is 10.1 Å². The molecule has 0 aliphatic carbocycles. The molecule has 0 atom stereocenters. The molecule has 0 spiro atoms. The van der Waals surface area contributed by atoms with Gasteiger partial charge in [-0.05, 0) is 24.6 Å². The molecule has 11 heteroatoms. The van der Waals surface area contributed by atoms with Crippen LogP contribution in [0.3, 0.4) is 0 Å². The molecule has 0 unspecified atom stereocenters. The van der Waals surface area contributed by atoms with Gasteiger partial charge in [0.15, 0.2) is 5.82 Å². The van der Waals surface area contributed by atoms with Gasteiger partial charge in [-0.1, -0.05) is 13.3 Å². The zero-order chi connectivity index (χ0) is 21.6. The van der Waals surface area contributed by atoms with Crippen molar-refractivity contribution in [3.8, 4) is 0 Å². The summed E-state index contributed by atoms with van der Waals surface area (Å²) in [6.07, 6.45) is -2.92. The topological polar surface area (TPSA) is 80.3 Å². The summed E-state index contributed by atoms with van der Waals surface area (Å²) < 4.78 is 70.8. The third-order valence-corrected chi connectivity index (χ3v) is 3.62. The van der Waals surface area contributed by atoms with Gasteiger partial charge in [0.1, 0.15) is 11.4 Å². The van der Waals surface area contributed by atoms with Crippen LogP contribution in [0.15, 0.2) is 30.6 Å². The van der Waals surface area contributed by atoms with Crippen LogP contribution in [0, 0.1) is 11.6 Å². The van der Waals surface area contributed by atoms with E-state index in [9.17, 15) is 31.5 Å². The maximum Gasteiger partial charge on any atom is 0.419 e. The zero-order valence-electron chi connectivity index (χ0n) is 15.1. The normalized spacial score (nSPS) is 11.1. The first-order valence-electron chi connectivity index (χ1n) is 8.38. The number of hydrogen-bond donors (Lipinski definition) is 2. The van der Waals surface area contributed by atoms with E-state index in [4.69, 9.17) is 4.74 Å². The SMILES string of the molecule is CCCCOC(=O)Nc1cncc(F)c1C(=O)Nc1ccc(F)c(C(F)(F)F)c1. The van der Waals surface area contributed by atoms with Gasteiger partial charge in [0.25, 0.3) is 5.91 Å². The van der Waals surface area contributed by atoms with Crippen LogP contribution < -0.4 is 10.6 Å². The fourth-order valence-electron chi connectivity index (χ4n) is 2.23. The molecular weight excluding hydrogens is 401 g/mol. The molecule has 156 valence electrons. The summed E-state index contributed by atoms with van der Waals surface area (Å²) in [5.74, 6) is -3.83. The van der Waals surface area contributed by atoms with Crippen LogP contribution in [-0.2, 0) is 10.9 Å². The van der Waals surface area contributed by atoms with Crippen LogP contribution in [0.25, 0.3) is 0 Å². The predicted octanol–water partition coefficient (Wildman–Crippen LogP) is 4.98. The Kier molecular flexibility index (Phi) is 7.08. The highest BCUT2D eigenvalue weighted by molar-refractivity contribution is 6.09. The second kappa shape index (κ2) is 9.30. The standard InChI is InChI=1S/C18H16F5N3O3/c1-2-3-6-29-17(28)26-14-9-24-8-13(20)15(14)16(27)25-10-4-5-12(19)11(7-10)18(21,22)23/h4-5,7-9H,2-3,6H2,1H3,(H,25,27)(H,26,28). The number of carbonyl (C=O) groups is 2. The average molecular weight is 417 g/mol. The van der Waals surface area contributed by atoms with Crippen molar-refractivity contribution in [1.82, 2.24) is 4.98 Å². The Morgan fingerprint density at radius 1 is 1.10 bits per heavy atom. The fraction of sp³-hybridized carbons (Fsp3) is 0.278. The molecule has 2 aromatic rings. The lowest BCUT2D eigenvalue weighted by Gasteiger charge is -2.13. The number of carbonyl (C=O) groups excluding carboxylic acids is 2. The van der Waals surface area contributed by atoms with Gasteiger partial charge in [0.2, 0.25) is 0 Å². The number of anilines is 2. The van der Waals surface area contributed by atoms with Crippen LogP contribution in [0.1, 0.15) is 35.7 Å². The third-order valence-electron chi connectivity index (χ3n) is 3.62. The van der Waals surface area contributed by atoms with Gasteiger partial charge in [-0.2, -0.15) is 13.2 Å². The van der Waals surface area contributed by atoms with Crippen LogP contribution >= 0.6 is 0 Å². The minimum Gasteiger partial charge on any atom is -0.449 e. The summed E-state index contributed by atoms with van der Waals surface area (Å²) in [5, 5.41) is 4.20. The molecule has 0 aliphatic rings. The summed E-state index contributed by atoms with van der Waals surface area (Å²) >= 11 is 0. The minimum atomic E-state index is -4.98. The van der Waals surface area contributed by atoms with Crippen LogP contribution in [-0.4, -0.2) is 23.6 Å². The number of hydrogen-bond acceptors (Lipinski definition) is 4. The summed E-state index contributed by atoms with van der Waals surface area (Å²) in [6, 6.07) is 1.78. The largest absolute Gasteiger partial charge is 0.449 e. The molecule has 2 amide bonds. The molecule has 6 nitrogen and oxygen atoms in total. The van der Waals surface area contributed by atoms with Crippen LogP contribution in [0.2, 0.25) is 0 Å². The van der Waals surface area contributed by atoms with Crippen molar-refractivity contribution in [2.24, 2.45) is 0 Å². The molecule has 0 aliphatic heterocycles. The van der Waals surface area contributed by atoms with Crippen LogP contribution in [0.4, 0.5) is 38.1 Å². The van der Waals surface area contributed by atoms with Crippen molar-refractivity contribution in [3.63, 3.8) is 0 Å². The van der Waals surface area contributed by atoms with Crippen molar-refractivity contribution < 1.29 is 36.3 Å². The van der Waals surface area contributed by atoms with E-state index >= 15 is 0 Å². The molecule has 0 saturated carbocycles. The number of unbranched alkanes of at least 4 members (excludes halogenated alkanes) is 1. The maximum atomic E-state index is 14.1. The number of rotatable bonds is 6. The summed E-state index contributed by atoms with van der Waals surface area (Å²) in [4.78, 5) is 27.7. The lowest BCUT2D eigenvalue weighted by molar-refractivity contribution is -0.139. The van der Waals surface area contributed by atoms with E-state index in [-0.39, 0.29) is 12.3 Å². The summed E-state index contributed by atoms with van der Waals surface area (Å²) in [5.41, 5.74) is -3.03. The Bertz CT molecular complexity index is 903. The van der Waals surface area contributed by atoms with Gasteiger partial charge in [-0.3, -0.25) is 15.1 Å². The van der Waals surface area contributed by atoms with Crippen LogP contribution in [0.5, 0.6) is 0 Å². The number of benzene rings is 1. The van der Waals surface area contributed by atoms with E-state index < -0.39 is 46.6 Å². The lowest BCUT2D eigenvalue weighted by Crippen LogP contribution is -2.21. The van der Waals surface area contributed by atoms with Crippen molar-refractivity contribution in [2.75, 3.05) is 17.2 Å². The molecule has 0 bridgehead atoms. The lowest BCUT2D eigenvalue weighted by atomic mass is 10.1. The number of nitrogens with zero attached hydrogens (tertiary/aromatic N) is 1. The Balaban J connectivity index is 2.24. The van der Waals surface area contributed by atoms with Gasteiger partial charge in [-0.25, -0.2) is 13.6 Å². The van der Waals surface area contributed by atoms with E-state index in [1.165, 1.54) is 0 Å². The number of alkyl halides is 3. The van der Waals surface area contributed by atoms with E-state index in [1.807, 2.05) is 12.2 Å². The third kappa shape index (κ3) is 5.87. The zero-order valence-corrected chi connectivity index (χ0v) is 15.1. The second-order valence-electron chi connectivity index (χ2n) is 5.80. The Hall–Kier alpha value is -3.24. The molecular formula is C18H16F5N3O3. The van der Waals surface area contributed by atoms with Gasteiger partial charge in [-0.15, -0.1) is 0 Å². The van der Waals surface area contributed by atoms with Gasteiger partial charge in [0.05, 0.1) is 30.3 Å². The number of halogens is 5. The smallest absolute Gasteiger partial charge is 0.419 e. The average Bonchev–Trinajstić information content (AvgIpc) is 2.62. The molecule has 0 fully saturated rings. The number of pyridine rings is 1. The quantitative estimate of drug-likeness (QED) is 0.513. The monoisotopic (exact) mass is 417 g/mol. The van der Waals surface area contributed by atoms with Crippen molar-refractivity contribution >= 4 is 23.4 Å². The Morgan fingerprint density at radius 2 is 1.83 bits per heavy atom. The molecule has 1 aromatic carbocycles. The highest BCUT2D eigenvalue weighted by Gasteiger charge is 2.34. The number of ether oxygens (including phenoxy) is 1. The fourth-order valence-corrected chi connectivity index (χ4v) is 2.23. The highest BCUT2D eigenvalue weighted by Crippen LogP contribution is 2.33. The summed E-state index contributed by atoms with van der Waals surface area (Å²) in [7, 11) is 0. The van der Waals surface area contributed by atoms with Crippen molar-refractivity contribution in [3.05, 3.63) is 53.4 Å². The van der Waals surface area contributed by atoms with Crippen molar-refractivity contribution in [2.45, 2.75) is 25.9 Å².